The molecular weight excluding hydrogens is 404 g/mol. The number of rotatable bonds is 4. The quantitative estimate of drug-likeness (QED) is 0.608. The smallest absolute Gasteiger partial charge is 0.233 e. The fourth-order valence-electron chi connectivity index (χ4n) is 5.00. The summed E-state index contributed by atoms with van der Waals surface area (Å²) in [4.78, 5) is 13.6. The molecule has 0 spiro atoms. The van der Waals surface area contributed by atoms with Gasteiger partial charge in [-0.25, -0.2) is 0 Å². The summed E-state index contributed by atoms with van der Waals surface area (Å²) in [6, 6.07) is 14.2. The summed E-state index contributed by atoms with van der Waals surface area (Å²) in [6.07, 6.45) is 1.15. The number of nitrogens with one attached hydrogen (secondary N) is 1. The number of allylic oxidation sites excluding steroid dienone is 2. The van der Waals surface area contributed by atoms with E-state index in [0.29, 0.717) is 30.2 Å². The van der Waals surface area contributed by atoms with Crippen molar-refractivity contribution in [3.63, 3.8) is 0 Å². The highest BCUT2D eigenvalue weighted by atomic mass is 16.5. The lowest BCUT2D eigenvalue weighted by molar-refractivity contribution is -0.116. The van der Waals surface area contributed by atoms with Crippen molar-refractivity contribution in [2.24, 2.45) is 0 Å². The Balaban J connectivity index is 1.58. The van der Waals surface area contributed by atoms with Gasteiger partial charge in [-0.2, -0.15) is 0 Å². The minimum absolute atomic E-state index is 0.0392. The number of Topliss-reactive ketones (excluding diaryl/α,β-unsaturated/α-hetero) is 1. The van der Waals surface area contributed by atoms with Crippen LogP contribution in [-0.2, 0) is 4.79 Å². The van der Waals surface area contributed by atoms with E-state index in [0.717, 1.165) is 39.2 Å². The number of methoxy groups -OCH3 is 2. The molecule has 1 aliphatic carbocycles. The molecule has 32 heavy (non-hydrogen) atoms. The van der Waals surface area contributed by atoms with Crippen molar-refractivity contribution in [3.8, 4) is 11.5 Å². The van der Waals surface area contributed by atoms with Crippen LogP contribution in [-0.4, -0.2) is 25.2 Å². The van der Waals surface area contributed by atoms with Crippen LogP contribution in [0, 0.1) is 13.8 Å². The Labute approximate surface area is 187 Å². The lowest BCUT2D eigenvalue weighted by Gasteiger charge is -2.34. The largest absolute Gasteiger partial charge is 0.493 e. The standard InChI is InChI=1S/C26H26N2O4/c1-14-6-5-7-17(10-14)24-23-15(2)28-32-26(23)27-19-11-18(12-20(29)25(19)24)16-8-9-21(30-3)22(13-16)31-4/h5-10,13,18,24,27H,11-12H2,1-4H3. The van der Waals surface area contributed by atoms with E-state index in [9.17, 15) is 4.79 Å². The van der Waals surface area contributed by atoms with Crippen LogP contribution in [0.5, 0.6) is 11.5 Å². The molecule has 0 amide bonds. The van der Waals surface area contributed by atoms with E-state index in [2.05, 4.69) is 35.6 Å². The molecule has 2 heterocycles. The summed E-state index contributed by atoms with van der Waals surface area (Å²) >= 11 is 0. The predicted octanol–water partition coefficient (Wildman–Crippen LogP) is 5.27. The summed E-state index contributed by atoms with van der Waals surface area (Å²) in [5.41, 5.74) is 6.79. The van der Waals surface area contributed by atoms with Gasteiger partial charge in [0.15, 0.2) is 17.3 Å². The molecule has 2 unspecified atom stereocenters. The first-order valence-corrected chi connectivity index (χ1v) is 10.8. The summed E-state index contributed by atoms with van der Waals surface area (Å²) in [6.45, 7) is 4.00. The monoisotopic (exact) mass is 430 g/mol. The molecule has 1 N–H and O–H groups in total. The number of hydrogen-bond acceptors (Lipinski definition) is 6. The van der Waals surface area contributed by atoms with Crippen molar-refractivity contribution in [1.29, 1.82) is 0 Å². The summed E-state index contributed by atoms with van der Waals surface area (Å²) < 4.78 is 16.5. The highest BCUT2D eigenvalue weighted by Crippen LogP contribution is 2.49. The molecule has 0 fully saturated rings. The third-order valence-corrected chi connectivity index (χ3v) is 6.51. The number of ether oxygens (including phenoxy) is 2. The maximum atomic E-state index is 13.6. The Kier molecular flexibility index (Phi) is 5.00. The molecule has 0 radical (unpaired) electrons. The second-order valence-corrected chi connectivity index (χ2v) is 8.52. The van der Waals surface area contributed by atoms with Crippen LogP contribution in [0.1, 0.15) is 52.6 Å². The number of hydrogen-bond donors (Lipinski definition) is 1. The van der Waals surface area contributed by atoms with Gasteiger partial charge in [0.1, 0.15) is 0 Å². The number of carbonyl (C=O) groups is 1. The van der Waals surface area contributed by atoms with Gasteiger partial charge in [-0.15, -0.1) is 0 Å². The van der Waals surface area contributed by atoms with E-state index in [4.69, 9.17) is 14.0 Å². The van der Waals surface area contributed by atoms with Gasteiger partial charge in [-0.05, 0) is 49.4 Å². The average Bonchev–Trinajstić information content (AvgIpc) is 3.17. The number of nitrogens with zero attached hydrogens (tertiary/aromatic N) is 1. The maximum absolute atomic E-state index is 13.6. The zero-order valence-corrected chi connectivity index (χ0v) is 18.7. The summed E-state index contributed by atoms with van der Waals surface area (Å²) in [5, 5.41) is 7.58. The molecule has 164 valence electrons. The topological polar surface area (TPSA) is 73.6 Å². The number of anilines is 1. The van der Waals surface area contributed by atoms with Crippen LogP contribution in [0.25, 0.3) is 0 Å². The number of fused-ring (bicyclic) bond motifs is 1. The Morgan fingerprint density at radius 3 is 2.56 bits per heavy atom. The normalized spacial score (nSPS) is 19.8. The lowest BCUT2D eigenvalue weighted by Crippen LogP contribution is -2.29. The number of aryl methyl sites for hydroxylation is 2. The van der Waals surface area contributed by atoms with Crippen LogP contribution in [0.3, 0.4) is 0 Å². The van der Waals surface area contributed by atoms with Gasteiger partial charge in [0.2, 0.25) is 5.88 Å². The fourth-order valence-corrected chi connectivity index (χ4v) is 5.00. The van der Waals surface area contributed by atoms with Crippen molar-refractivity contribution in [2.75, 3.05) is 19.5 Å². The summed E-state index contributed by atoms with van der Waals surface area (Å²) in [5.74, 6) is 1.99. The zero-order chi connectivity index (χ0) is 22.4. The molecule has 1 aromatic heterocycles. The third-order valence-electron chi connectivity index (χ3n) is 6.51. The Bertz CT molecular complexity index is 1240. The van der Waals surface area contributed by atoms with Crippen molar-refractivity contribution >= 4 is 11.7 Å². The van der Waals surface area contributed by atoms with Gasteiger partial charge in [0, 0.05) is 23.6 Å². The molecular formula is C26H26N2O4. The molecule has 2 aromatic carbocycles. The molecule has 1 aliphatic heterocycles. The molecule has 0 saturated heterocycles. The fraction of sp³-hybridized carbons (Fsp3) is 0.308. The van der Waals surface area contributed by atoms with Gasteiger partial charge in [-0.3, -0.25) is 4.79 Å². The minimum atomic E-state index is -0.175. The first kappa shape index (κ1) is 20.4. The van der Waals surface area contributed by atoms with Gasteiger partial charge < -0.3 is 19.3 Å². The zero-order valence-electron chi connectivity index (χ0n) is 18.7. The summed E-state index contributed by atoms with van der Waals surface area (Å²) in [7, 11) is 3.24. The Morgan fingerprint density at radius 2 is 1.81 bits per heavy atom. The van der Waals surface area contributed by atoms with Gasteiger partial charge in [0.05, 0.1) is 25.5 Å². The van der Waals surface area contributed by atoms with Gasteiger partial charge in [-0.1, -0.05) is 41.1 Å². The molecule has 3 aromatic rings. The lowest BCUT2D eigenvalue weighted by atomic mass is 9.72. The molecule has 2 atom stereocenters. The second kappa shape index (κ2) is 7.86. The van der Waals surface area contributed by atoms with E-state index in [1.165, 1.54) is 0 Å². The van der Waals surface area contributed by atoms with E-state index in [1.807, 2.05) is 31.2 Å². The predicted molar refractivity (Wildman–Crippen MR) is 121 cm³/mol. The average molecular weight is 431 g/mol. The van der Waals surface area contributed by atoms with Crippen LogP contribution in [0.2, 0.25) is 0 Å². The van der Waals surface area contributed by atoms with Gasteiger partial charge >= 0.3 is 0 Å². The molecule has 2 aliphatic rings. The Morgan fingerprint density at radius 1 is 1.00 bits per heavy atom. The van der Waals surface area contributed by atoms with Crippen LogP contribution in [0.4, 0.5) is 5.88 Å². The Hall–Kier alpha value is -3.54. The van der Waals surface area contributed by atoms with Crippen molar-refractivity contribution in [1.82, 2.24) is 5.16 Å². The highest BCUT2D eigenvalue weighted by Gasteiger charge is 2.41. The third kappa shape index (κ3) is 3.27. The number of carbonyl (C=O) groups excluding carboxylic acids is 1. The second-order valence-electron chi connectivity index (χ2n) is 8.52. The van der Waals surface area contributed by atoms with Crippen molar-refractivity contribution < 1.29 is 18.8 Å². The minimum Gasteiger partial charge on any atom is -0.493 e. The first-order chi connectivity index (χ1) is 15.5. The maximum Gasteiger partial charge on any atom is 0.233 e. The van der Waals surface area contributed by atoms with E-state index >= 15 is 0 Å². The van der Waals surface area contributed by atoms with Crippen LogP contribution in [0.15, 0.2) is 58.3 Å². The molecule has 6 nitrogen and oxygen atoms in total. The van der Waals surface area contributed by atoms with Crippen molar-refractivity contribution in [3.05, 3.63) is 81.7 Å². The van der Waals surface area contributed by atoms with E-state index in [-0.39, 0.29) is 17.6 Å². The highest BCUT2D eigenvalue weighted by molar-refractivity contribution is 6.01. The molecule has 0 bridgehead atoms. The molecule has 5 rings (SSSR count). The van der Waals surface area contributed by atoms with Crippen molar-refractivity contribution in [2.45, 2.75) is 38.5 Å². The number of ketones is 1. The molecule has 6 heteroatoms. The van der Waals surface area contributed by atoms with E-state index < -0.39 is 0 Å². The van der Waals surface area contributed by atoms with E-state index in [1.54, 1.807) is 14.2 Å². The van der Waals surface area contributed by atoms with Crippen LogP contribution < -0.4 is 14.8 Å². The number of aromatic nitrogens is 1. The first-order valence-electron chi connectivity index (χ1n) is 10.8. The van der Waals surface area contributed by atoms with Gasteiger partial charge in [0.25, 0.3) is 0 Å². The molecule has 0 saturated carbocycles. The number of benzene rings is 2. The van der Waals surface area contributed by atoms with Crippen LogP contribution >= 0.6 is 0 Å². The SMILES string of the molecule is COc1ccc(C2CC(=O)C3=C(C2)Nc2onc(C)c2C3c2cccc(C)c2)cc1OC.